The second kappa shape index (κ2) is 4.44. The fourth-order valence-electron chi connectivity index (χ4n) is 2.25. The van der Waals surface area contributed by atoms with Gasteiger partial charge < -0.3 is 15.2 Å². The molecule has 2 N–H and O–H groups in total. The summed E-state index contributed by atoms with van der Waals surface area (Å²) in [7, 11) is 3.41. The molecule has 1 aromatic rings. The standard InChI is InChI=1S/C13H19NO2/c1-15-8-10-4-3-5-11(12(10)16-2)13(9-14)6-7-13/h3-5H,6-9,14H2,1-2H3. The van der Waals surface area contributed by atoms with Gasteiger partial charge in [0.25, 0.3) is 0 Å². The van der Waals surface area contributed by atoms with Crippen molar-refractivity contribution in [2.75, 3.05) is 20.8 Å². The van der Waals surface area contributed by atoms with Gasteiger partial charge in [0.2, 0.25) is 0 Å². The van der Waals surface area contributed by atoms with E-state index >= 15 is 0 Å². The molecule has 0 saturated heterocycles. The molecule has 1 aliphatic carbocycles. The Balaban J connectivity index is 2.41. The van der Waals surface area contributed by atoms with Gasteiger partial charge in [0.1, 0.15) is 5.75 Å². The maximum atomic E-state index is 5.86. The van der Waals surface area contributed by atoms with Crippen LogP contribution in [0.3, 0.4) is 0 Å². The number of benzene rings is 1. The molecular weight excluding hydrogens is 202 g/mol. The molecule has 2 rings (SSSR count). The van der Waals surface area contributed by atoms with Gasteiger partial charge in [0.05, 0.1) is 13.7 Å². The van der Waals surface area contributed by atoms with Crippen LogP contribution in [0, 0.1) is 0 Å². The summed E-state index contributed by atoms with van der Waals surface area (Å²) in [5, 5.41) is 0. The summed E-state index contributed by atoms with van der Waals surface area (Å²) in [5.74, 6) is 0.951. The molecule has 0 spiro atoms. The predicted octanol–water partition coefficient (Wildman–Crippen LogP) is 1.83. The van der Waals surface area contributed by atoms with Crippen LogP contribution in [0.4, 0.5) is 0 Å². The van der Waals surface area contributed by atoms with Gasteiger partial charge in [-0.15, -0.1) is 0 Å². The Morgan fingerprint density at radius 3 is 2.56 bits per heavy atom. The van der Waals surface area contributed by atoms with Crippen molar-refractivity contribution in [1.82, 2.24) is 0 Å². The predicted molar refractivity (Wildman–Crippen MR) is 63.7 cm³/mol. The molecule has 0 radical (unpaired) electrons. The molecule has 3 heteroatoms. The average molecular weight is 221 g/mol. The van der Waals surface area contributed by atoms with Crippen LogP contribution < -0.4 is 10.5 Å². The molecule has 1 aromatic carbocycles. The van der Waals surface area contributed by atoms with Gasteiger partial charge in [-0.25, -0.2) is 0 Å². The lowest BCUT2D eigenvalue weighted by Crippen LogP contribution is -2.21. The van der Waals surface area contributed by atoms with Crippen LogP contribution in [0.1, 0.15) is 24.0 Å². The molecule has 0 amide bonds. The van der Waals surface area contributed by atoms with E-state index in [1.165, 1.54) is 5.56 Å². The highest BCUT2D eigenvalue weighted by Crippen LogP contribution is 2.51. The molecule has 1 aliphatic rings. The topological polar surface area (TPSA) is 44.5 Å². The van der Waals surface area contributed by atoms with E-state index in [0.29, 0.717) is 13.2 Å². The van der Waals surface area contributed by atoms with E-state index in [2.05, 4.69) is 12.1 Å². The second-order valence-electron chi connectivity index (χ2n) is 4.42. The Kier molecular flexibility index (Phi) is 3.17. The highest BCUT2D eigenvalue weighted by atomic mass is 16.5. The van der Waals surface area contributed by atoms with Gasteiger partial charge in [0.15, 0.2) is 0 Å². The van der Waals surface area contributed by atoms with Crippen molar-refractivity contribution in [1.29, 1.82) is 0 Å². The van der Waals surface area contributed by atoms with Crippen molar-refractivity contribution in [3.63, 3.8) is 0 Å². The molecule has 1 fully saturated rings. The van der Waals surface area contributed by atoms with Gasteiger partial charge in [-0.3, -0.25) is 0 Å². The number of para-hydroxylation sites is 1. The smallest absolute Gasteiger partial charge is 0.128 e. The molecule has 16 heavy (non-hydrogen) atoms. The summed E-state index contributed by atoms with van der Waals surface area (Å²) in [6.45, 7) is 1.28. The number of hydrogen-bond donors (Lipinski definition) is 1. The monoisotopic (exact) mass is 221 g/mol. The van der Waals surface area contributed by atoms with E-state index in [0.717, 1.165) is 24.2 Å². The zero-order valence-corrected chi connectivity index (χ0v) is 9.95. The summed E-state index contributed by atoms with van der Waals surface area (Å²) in [6.07, 6.45) is 2.33. The lowest BCUT2D eigenvalue weighted by molar-refractivity contribution is 0.181. The normalized spacial score (nSPS) is 17.2. The van der Waals surface area contributed by atoms with Crippen molar-refractivity contribution in [2.45, 2.75) is 24.9 Å². The molecule has 3 nitrogen and oxygen atoms in total. The van der Waals surface area contributed by atoms with Crippen molar-refractivity contribution in [3.8, 4) is 5.75 Å². The third-order valence-corrected chi connectivity index (χ3v) is 3.42. The van der Waals surface area contributed by atoms with Crippen LogP contribution in [0.5, 0.6) is 5.75 Å². The summed E-state index contributed by atoms with van der Waals surface area (Å²) in [4.78, 5) is 0. The second-order valence-corrected chi connectivity index (χ2v) is 4.42. The number of methoxy groups -OCH3 is 2. The van der Waals surface area contributed by atoms with Crippen LogP contribution in [-0.4, -0.2) is 20.8 Å². The van der Waals surface area contributed by atoms with Crippen LogP contribution >= 0.6 is 0 Å². The van der Waals surface area contributed by atoms with E-state index in [-0.39, 0.29) is 5.41 Å². The first-order valence-corrected chi connectivity index (χ1v) is 5.63. The highest BCUT2D eigenvalue weighted by Gasteiger charge is 2.45. The zero-order valence-electron chi connectivity index (χ0n) is 9.95. The SMILES string of the molecule is COCc1cccc(C2(CN)CC2)c1OC. The van der Waals surface area contributed by atoms with Crippen LogP contribution in [0.25, 0.3) is 0 Å². The molecule has 88 valence electrons. The third kappa shape index (κ3) is 1.81. The fraction of sp³-hybridized carbons (Fsp3) is 0.538. The minimum absolute atomic E-state index is 0.162. The van der Waals surface area contributed by atoms with Gasteiger partial charge in [-0.1, -0.05) is 18.2 Å². The van der Waals surface area contributed by atoms with E-state index in [9.17, 15) is 0 Å². The Labute approximate surface area is 96.5 Å². The van der Waals surface area contributed by atoms with E-state index < -0.39 is 0 Å². The van der Waals surface area contributed by atoms with E-state index in [4.69, 9.17) is 15.2 Å². The first-order valence-electron chi connectivity index (χ1n) is 5.63. The Hall–Kier alpha value is -1.06. The molecule has 0 unspecified atom stereocenters. The minimum atomic E-state index is 0.162. The molecule has 0 aliphatic heterocycles. The van der Waals surface area contributed by atoms with Gasteiger partial charge in [-0.2, -0.15) is 0 Å². The van der Waals surface area contributed by atoms with Crippen LogP contribution in [-0.2, 0) is 16.8 Å². The molecule has 1 saturated carbocycles. The molecular formula is C13H19NO2. The Morgan fingerprint density at radius 2 is 2.06 bits per heavy atom. The van der Waals surface area contributed by atoms with E-state index in [1.807, 2.05) is 6.07 Å². The lowest BCUT2D eigenvalue weighted by atomic mass is 9.93. The fourth-order valence-corrected chi connectivity index (χ4v) is 2.25. The maximum absolute atomic E-state index is 5.86. The minimum Gasteiger partial charge on any atom is -0.496 e. The largest absolute Gasteiger partial charge is 0.496 e. The summed E-state index contributed by atoms with van der Waals surface area (Å²) in [5.41, 5.74) is 8.37. The molecule has 0 bridgehead atoms. The Morgan fingerprint density at radius 1 is 1.31 bits per heavy atom. The quantitative estimate of drug-likeness (QED) is 0.825. The molecule has 0 heterocycles. The average Bonchev–Trinajstić information content (AvgIpc) is 3.10. The van der Waals surface area contributed by atoms with Crippen molar-refractivity contribution in [3.05, 3.63) is 29.3 Å². The number of rotatable bonds is 5. The Bertz CT molecular complexity index is 372. The van der Waals surface area contributed by atoms with Crippen molar-refractivity contribution in [2.24, 2.45) is 5.73 Å². The van der Waals surface area contributed by atoms with Crippen molar-refractivity contribution < 1.29 is 9.47 Å². The maximum Gasteiger partial charge on any atom is 0.128 e. The first kappa shape index (κ1) is 11.4. The molecule has 0 atom stereocenters. The highest BCUT2D eigenvalue weighted by molar-refractivity contribution is 5.48. The van der Waals surface area contributed by atoms with Gasteiger partial charge in [-0.05, 0) is 12.8 Å². The molecule has 0 aromatic heterocycles. The first-order chi connectivity index (χ1) is 7.77. The van der Waals surface area contributed by atoms with Gasteiger partial charge in [0, 0.05) is 30.2 Å². The zero-order chi connectivity index (χ0) is 11.6. The lowest BCUT2D eigenvalue weighted by Gasteiger charge is -2.19. The van der Waals surface area contributed by atoms with Gasteiger partial charge >= 0.3 is 0 Å². The van der Waals surface area contributed by atoms with Crippen LogP contribution in [0.15, 0.2) is 18.2 Å². The third-order valence-electron chi connectivity index (χ3n) is 3.42. The number of hydrogen-bond acceptors (Lipinski definition) is 3. The summed E-state index contributed by atoms with van der Waals surface area (Å²) in [6, 6.07) is 6.22. The van der Waals surface area contributed by atoms with Crippen LogP contribution in [0.2, 0.25) is 0 Å². The summed E-state index contributed by atoms with van der Waals surface area (Å²) >= 11 is 0. The number of nitrogens with two attached hydrogens (primary N) is 1. The van der Waals surface area contributed by atoms with E-state index in [1.54, 1.807) is 14.2 Å². The van der Waals surface area contributed by atoms with Crippen molar-refractivity contribution >= 4 is 0 Å². The number of ether oxygens (including phenoxy) is 2. The summed E-state index contributed by atoms with van der Waals surface area (Å²) < 4.78 is 10.7.